The molecular weight excluding hydrogens is 260 g/mol. The van der Waals surface area contributed by atoms with Gasteiger partial charge in [-0.15, -0.1) is 0 Å². The lowest BCUT2D eigenvalue weighted by atomic mass is 9.61. The molecule has 4 atom stereocenters. The van der Waals surface area contributed by atoms with Crippen LogP contribution in [0.15, 0.2) is 11.6 Å². The van der Waals surface area contributed by atoms with Crippen molar-refractivity contribution in [2.45, 2.75) is 32.3 Å². The van der Waals surface area contributed by atoms with Crippen LogP contribution in [-0.2, 0) is 19.1 Å². The Labute approximate surface area is 116 Å². The molecule has 108 valence electrons. The molecule has 5 nitrogen and oxygen atoms in total. The van der Waals surface area contributed by atoms with Crippen LogP contribution in [0.1, 0.15) is 26.7 Å². The molecule has 0 radical (unpaired) electrons. The Morgan fingerprint density at radius 3 is 2.75 bits per heavy atom. The molecule has 1 saturated carbocycles. The van der Waals surface area contributed by atoms with Gasteiger partial charge in [-0.2, -0.15) is 0 Å². The number of ether oxygens (including phenoxy) is 2. The van der Waals surface area contributed by atoms with Gasteiger partial charge in [0.15, 0.2) is 5.60 Å². The number of cyclic esters (lactones) is 1. The highest BCUT2D eigenvalue weighted by atomic mass is 16.6. The third kappa shape index (κ3) is 1.18. The highest BCUT2D eigenvalue weighted by molar-refractivity contribution is 5.92. The fourth-order valence-electron chi connectivity index (χ4n) is 5.08. The van der Waals surface area contributed by atoms with E-state index in [1.165, 1.54) is 0 Å². The van der Waals surface area contributed by atoms with E-state index in [0.717, 1.165) is 12.8 Å². The number of rotatable bonds is 1. The fraction of sp³-hybridized carbons (Fsp3) is 0.733. The highest BCUT2D eigenvalue weighted by Crippen LogP contribution is 2.71. The number of carboxylic acid groups (broad SMARTS) is 1. The van der Waals surface area contributed by atoms with Crippen LogP contribution in [0.4, 0.5) is 0 Å². The van der Waals surface area contributed by atoms with Crippen LogP contribution in [0.2, 0.25) is 0 Å². The van der Waals surface area contributed by atoms with Gasteiger partial charge in [-0.25, -0.2) is 9.59 Å². The summed E-state index contributed by atoms with van der Waals surface area (Å²) in [5.74, 6) is -1.32. The van der Waals surface area contributed by atoms with Crippen LogP contribution in [-0.4, -0.2) is 35.9 Å². The average molecular weight is 278 g/mol. The van der Waals surface area contributed by atoms with E-state index in [0.29, 0.717) is 12.2 Å². The minimum Gasteiger partial charge on any atom is -0.478 e. The first-order valence-corrected chi connectivity index (χ1v) is 7.09. The number of hydrogen-bond donors (Lipinski definition) is 1. The first kappa shape index (κ1) is 12.4. The van der Waals surface area contributed by atoms with Gasteiger partial charge in [0, 0.05) is 16.9 Å². The van der Waals surface area contributed by atoms with Crippen LogP contribution < -0.4 is 0 Å². The smallest absolute Gasteiger partial charge is 0.341 e. The number of aliphatic carboxylic acids is 1. The lowest BCUT2D eigenvalue weighted by Gasteiger charge is -2.44. The summed E-state index contributed by atoms with van der Waals surface area (Å²) in [6.45, 7) is 4.91. The van der Waals surface area contributed by atoms with Gasteiger partial charge in [-0.3, -0.25) is 0 Å². The van der Waals surface area contributed by atoms with Crippen molar-refractivity contribution in [1.29, 1.82) is 0 Å². The molecular formula is C15H18O5. The predicted molar refractivity (Wildman–Crippen MR) is 67.8 cm³/mol. The number of carboxylic acids is 1. The summed E-state index contributed by atoms with van der Waals surface area (Å²) in [5.41, 5.74) is -0.783. The maximum atomic E-state index is 12.2. The van der Waals surface area contributed by atoms with Gasteiger partial charge in [-0.1, -0.05) is 19.9 Å². The molecule has 0 aromatic rings. The van der Waals surface area contributed by atoms with Crippen molar-refractivity contribution < 1.29 is 24.2 Å². The average Bonchev–Trinajstić information content (AvgIpc) is 3.01. The van der Waals surface area contributed by atoms with Crippen molar-refractivity contribution >= 4 is 11.9 Å². The lowest BCUT2D eigenvalue weighted by molar-refractivity contribution is -0.174. The second-order valence-electron chi connectivity index (χ2n) is 7.39. The van der Waals surface area contributed by atoms with Gasteiger partial charge in [0.2, 0.25) is 0 Å². The molecule has 0 aromatic heterocycles. The third-order valence-electron chi connectivity index (χ3n) is 5.73. The van der Waals surface area contributed by atoms with Crippen LogP contribution in [0.25, 0.3) is 0 Å². The maximum absolute atomic E-state index is 12.2. The van der Waals surface area contributed by atoms with Crippen LogP contribution in [0.5, 0.6) is 0 Å². The van der Waals surface area contributed by atoms with Crippen LogP contribution in [0.3, 0.4) is 0 Å². The van der Waals surface area contributed by atoms with Gasteiger partial charge in [0.25, 0.3) is 0 Å². The Kier molecular flexibility index (Phi) is 2.03. The van der Waals surface area contributed by atoms with Crippen molar-refractivity contribution in [3.63, 3.8) is 0 Å². The van der Waals surface area contributed by atoms with Crippen molar-refractivity contribution in [2.75, 3.05) is 13.2 Å². The molecule has 20 heavy (non-hydrogen) atoms. The number of allylic oxidation sites excluding steroid dienone is 1. The Morgan fingerprint density at radius 2 is 2.15 bits per heavy atom. The molecule has 4 rings (SSSR count). The normalized spacial score (nSPS) is 47.5. The summed E-state index contributed by atoms with van der Waals surface area (Å²) in [5, 5.41) is 9.44. The monoisotopic (exact) mass is 278 g/mol. The number of hydrogen-bond acceptors (Lipinski definition) is 4. The third-order valence-corrected chi connectivity index (χ3v) is 5.73. The molecule has 4 aliphatic rings. The quantitative estimate of drug-likeness (QED) is 0.579. The highest BCUT2D eigenvalue weighted by Gasteiger charge is 2.79. The first-order chi connectivity index (χ1) is 9.32. The molecule has 2 heterocycles. The molecule has 0 unspecified atom stereocenters. The number of epoxide rings is 1. The van der Waals surface area contributed by atoms with E-state index in [4.69, 9.17) is 9.47 Å². The molecule has 1 N–H and O–H groups in total. The summed E-state index contributed by atoms with van der Waals surface area (Å²) < 4.78 is 10.8. The van der Waals surface area contributed by atoms with Gasteiger partial charge in [-0.05, 0) is 24.2 Å². The van der Waals surface area contributed by atoms with Gasteiger partial charge >= 0.3 is 11.9 Å². The summed E-state index contributed by atoms with van der Waals surface area (Å²) in [6.07, 6.45) is 3.59. The summed E-state index contributed by atoms with van der Waals surface area (Å²) in [4.78, 5) is 23.7. The topological polar surface area (TPSA) is 76.1 Å². The molecule has 5 heteroatoms. The minimum absolute atomic E-state index is 0.0972. The molecule has 2 aliphatic carbocycles. The Balaban J connectivity index is 1.88. The Morgan fingerprint density at radius 1 is 1.45 bits per heavy atom. The number of carbonyl (C=O) groups is 2. The minimum atomic E-state index is -0.893. The predicted octanol–water partition coefficient (Wildman–Crippen LogP) is 1.38. The maximum Gasteiger partial charge on any atom is 0.341 e. The van der Waals surface area contributed by atoms with Gasteiger partial charge < -0.3 is 14.6 Å². The van der Waals surface area contributed by atoms with Gasteiger partial charge in [0.1, 0.15) is 0 Å². The lowest BCUT2D eigenvalue weighted by Crippen LogP contribution is -2.56. The second kappa shape index (κ2) is 3.27. The molecule has 2 aliphatic heterocycles. The van der Waals surface area contributed by atoms with Crippen molar-refractivity contribution in [3.8, 4) is 0 Å². The molecule has 3 fully saturated rings. The van der Waals surface area contributed by atoms with Crippen molar-refractivity contribution in [1.82, 2.24) is 0 Å². The largest absolute Gasteiger partial charge is 0.478 e. The Hall–Kier alpha value is -1.36. The zero-order valence-corrected chi connectivity index (χ0v) is 11.6. The van der Waals surface area contributed by atoms with E-state index in [9.17, 15) is 14.7 Å². The first-order valence-electron chi connectivity index (χ1n) is 7.09. The summed E-state index contributed by atoms with van der Waals surface area (Å²) >= 11 is 0. The van der Waals surface area contributed by atoms with E-state index in [2.05, 4.69) is 13.8 Å². The van der Waals surface area contributed by atoms with E-state index >= 15 is 0 Å². The zero-order valence-electron chi connectivity index (χ0n) is 11.6. The van der Waals surface area contributed by atoms with E-state index in [-0.39, 0.29) is 29.8 Å². The van der Waals surface area contributed by atoms with Gasteiger partial charge in [0.05, 0.1) is 13.2 Å². The number of esters is 1. The molecule has 0 aromatic carbocycles. The number of carbonyl (C=O) groups excluding carboxylic acids is 1. The van der Waals surface area contributed by atoms with Crippen molar-refractivity contribution in [3.05, 3.63) is 11.6 Å². The molecule has 0 amide bonds. The zero-order chi connectivity index (χ0) is 14.3. The van der Waals surface area contributed by atoms with E-state index in [1.54, 1.807) is 0 Å². The second-order valence-corrected chi connectivity index (χ2v) is 7.39. The summed E-state index contributed by atoms with van der Waals surface area (Å²) in [6, 6.07) is 0. The van der Waals surface area contributed by atoms with Crippen molar-refractivity contribution in [2.24, 2.45) is 22.7 Å². The van der Waals surface area contributed by atoms with Crippen LogP contribution in [0, 0.1) is 22.7 Å². The molecule has 0 bridgehead atoms. The summed E-state index contributed by atoms with van der Waals surface area (Å²) in [7, 11) is 0. The molecule has 2 saturated heterocycles. The van der Waals surface area contributed by atoms with E-state index in [1.807, 2.05) is 6.08 Å². The fourth-order valence-corrected chi connectivity index (χ4v) is 5.08. The molecule has 2 spiro atoms. The Bertz CT molecular complexity index is 557. The van der Waals surface area contributed by atoms with Crippen LogP contribution >= 0.6 is 0 Å². The SMILES string of the molecule is CC1(C)C[C@@H]2C=C(C(=O)O)[C@@H]3COC(=O)[C@]4(CO4)[C@]23C1. The van der Waals surface area contributed by atoms with E-state index < -0.39 is 17.0 Å². The standard InChI is InChI=1S/C15H18O5/c1-13(2)4-8-3-9(11(16)17)10-5-19-12(18)15(7-20-15)14(8,10)6-13/h3,8,10H,4-7H2,1-2H3,(H,16,17)/t8-,10-,14+,15+/m0/s1.